The van der Waals surface area contributed by atoms with Crippen molar-refractivity contribution in [2.45, 2.75) is 45.0 Å². The Balaban J connectivity index is 2.77. The minimum atomic E-state index is -1.41. The van der Waals surface area contributed by atoms with Crippen molar-refractivity contribution >= 4 is 40.6 Å². The third-order valence-electron chi connectivity index (χ3n) is 3.21. The quantitative estimate of drug-likeness (QED) is 0.264. The second kappa shape index (κ2) is 9.74. The van der Waals surface area contributed by atoms with Gasteiger partial charge in [-0.3, -0.25) is 10.1 Å². The number of halogens is 1. The first-order valence-electron chi connectivity index (χ1n) is 8.03. The van der Waals surface area contributed by atoms with E-state index in [4.69, 9.17) is 15.2 Å². The fourth-order valence-corrected chi connectivity index (χ4v) is 2.59. The maximum atomic E-state index is 12.2. The van der Waals surface area contributed by atoms with E-state index in [1.54, 1.807) is 32.9 Å². The van der Waals surface area contributed by atoms with Gasteiger partial charge in [0.05, 0.1) is 10.7 Å². The first-order valence-corrected chi connectivity index (χ1v) is 9.11. The van der Waals surface area contributed by atoms with Crippen LogP contribution in [-0.4, -0.2) is 48.0 Å². The number of ether oxygens (including phenoxy) is 2. The zero-order valence-electron chi connectivity index (χ0n) is 15.5. The Labute approximate surface area is 171 Å². The Bertz CT molecular complexity index is 704. The Morgan fingerprint density at radius 1 is 1.26 bits per heavy atom. The van der Waals surface area contributed by atoms with Crippen LogP contribution in [0.5, 0.6) is 5.75 Å². The number of nitrogens with two attached hydrogens (primary N) is 1. The summed E-state index contributed by atoms with van der Waals surface area (Å²) < 4.78 is 10.3. The van der Waals surface area contributed by atoms with Crippen LogP contribution in [0.3, 0.4) is 0 Å². The topological polar surface area (TPSA) is 140 Å². The molecule has 150 valence electrons. The normalized spacial score (nSPS) is 13.3. The number of phenolic OH excluding ortho intramolecular Hbond substituents is 1. The number of carbonyl (C=O) groups excluding carboxylic acids is 3. The predicted molar refractivity (Wildman–Crippen MR) is 106 cm³/mol. The molecule has 0 unspecified atom stereocenters. The lowest BCUT2D eigenvalue weighted by Crippen LogP contribution is -2.56. The molecule has 2 atom stereocenters. The molecule has 1 aromatic carbocycles. The van der Waals surface area contributed by atoms with Gasteiger partial charge in [-0.15, -0.1) is 0 Å². The molecule has 1 aromatic rings. The summed E-state index contributed by atoms with van der Waals surface area (Å²) in [6.07, 6.45) is -2.15. The van der Waals surface area contributed by atoms with Gasteiger partial charge in [-0.05, 0) is 61.1 Å². The van der Waals surface area contributed by atoms with Gasteiger partial charge < -0.3 is 25.6 Å². The molecule has 0 fully saturated rings. The highest BCUT2D eigenvalue weighted by Crippen LogP contribution is 2.21. The van der Waals surface area contributed by atoms with Gasteiger partial charge in [-0.1, -0.05) is 6.07 Å². The van der Waals surface area contributed by atoms with Gasteiger partial charge in [0.1, 0.15) is 17.4 Å². The maximum Gasteiger partial charge on any atom is 0.409 e. The second-order valence-corrected chi connectivity index (χ2v) is 7.86. The van der Waals surface area contributed by atoms with Crippen LogP contribution in [0.25, 0.3) is 0 Å². The lowest BCUT2D eigenvalue weighted by atomic mass is 10.1. The number of hydrogen-bond acceptors (Lipinski definition) is 7. The Hall–Kier alpha value is -2.08. The molecule has 5 N–H and O–H groups in total. The summed E-state index contributed by atoms with van der Waals surface area (Å²) >= 11 is 1.95. The molecule has 0 aromatic heterocycles. The first kappa shape index (κ1) is 23.0. The van der Waals surface area contributed by atoms with Crippen molar-refractivity contribution in [1.82, 2.24) is 10.6 Å². The molecule has 0 aliphatic carbocycles. The van der Waals surface area contributed by atoms with Crippen LogP contribution in [0.15, 0.2) is 18.2 Å². The molecular weight excluding hydrogens is 469 g/mol. The highest BCUT2D eigenvalue weighted by Gasteiger charge is 2.27. The van der Waals surface area contributed by atoms with E-state index in [0.717, 1.165) is 0 Å². The van der Waals surface area contributed by atoms with Gasteiger partial charge in [0.25, 0.3) is 5.91 Å². The number of methoxy groups -OCH3 is 1. The van der Waals surface area contributed by atoms with Crippen LogP contribution in [0, 0.1) is 3.57 Å². The molecule has 0 bridgehead atoms. The van der Waals surface area contributed by atoms with Crippen LogP contribution >= 0.6 is 22.6 Å². The molecule has 0 aliphatic heterocycles. The van der Waals surface area contributed by atoms with E-state index in [2.05, 4.69) is 10.6 Å². The Morgan fingerprint density at radius 3 is 2.41 bits per heavy atom. The number of aromatic hydroxyl groups is 1. The molecular formula is C17H24IN3O6. The van der Waals surface area contributed by atoms with E-state index in [1.165, 1.54) is 13.2 Å². The van der Waals surface area contributed by atoms with E-state index in [9.17, 15) is 19.5 Å². The number of amides is 2. The fourth-order valence-electron chi connectivity index (χ4n) is 2.01. The molecule has 27 heavy (non-hydrogen) atoms. The predicted octanol–water partition coefficient (Wildman–Crippen LogP) is 1.01. The van der Waals surface area contributed by atoms with Crippen LogP contribution in [-0.2, 0) is 25.5 Å². The minimum absolute atomic E-state index is 0.113. The molecule has 0 spiro atoms. The standard InChI is InChI=1S/C17H24IN3O6/c1-17(2,3)27-16(25)21-13(19)14(23)20-11(15(24)26-4)8-9-5-6-12(22)10(18)7-9/h5-7,11,13,22H,8,19H2,1-4H3,(H,20,23)(H,21,25)/t11-,13+/m0/s1. The number of carbonyl (C=O) groups is 3. The number of hydrogen-bond donors (Lipinski definition) is 4. The summed E-state index contributed by atoms with van der Waals surface area (Å²) in [5, 5.41) is 14.2. The van der Waals surface area contributed by atoms with Crippen molar-refractivity contribution in [2.24, 2.45) is 5.73 Å². The minimum Gasteiger partial charge on any atom is -0.507 e. The molecule has 2 amide bonds. The maximum absolute atomic E-state index is 12.2. The first-order chi connectivity index (χ1) is 12.4. The van der Waals surface area contributed by atoms with E-state index in [-0.39, 0.29) is 12.2 Å². The van der Waals surface area contributed by atoms with E-state index in [0.29, 0.717) is 9.13 Å². The molecule has 0 aliphatic rings. The van der Waals surface area contributed by atoms with Crippen LogP contribution < -0.4 is 16.4 Å². The molecule has 9 nitrogen and oxygen atoms in total. The van der Waals surface area contributed by atoms with Gasteiger partial charge in [0.15, 0.2) is 6.17 Å². The Kier molecular flexibility index (Phi) is 8.28. The van der Waals surface area contributed by atoms with Gasteiger partial charge in [0.2, 0.25) is 0 Å². The zero-order valence-corrected chi connectivity index (χ0v) is 17.7. The second-order valence-electron chi connectivity index (χ2n) is 6.70. The number of phenols is 1. The van der Waals surface area contributed by atoms with Crippen molar-refractivity contribution in [1.29, 1.82) is 0 Å². The van der Waals surface area contributed by atoms with Crippen LogP contribution in [0.1, 0.15) is 26.3 Å². The largest absolute Gasteiger partial charge is 0.507 e. The van der Waals surface area contributed by atoms with Crippen molar-refractivity contribution in [3.8, 4) is 5.75 Å². The van der Waals surface area contributed by atoms with Crippen LogP contribution in [0.2, 0.25) is 0 Å². The average Bonchev–Trinajstić information content (AvgIpc) is 2.54. The number of nitrogens with one attached hydrogen (secondary N) is 2. The summed E-state index contributed by atoms with van der Waals surface area (Å²) in [5.41, 5.74) is 5.60. The highest BCUT2D eigenvalue weighted by molar-refractivity contribution is 14.1. The number of rotatable bonds is 6. The molecule has 0 heterocycles. The smallest absolute Gasteiger partial charge is 0.409 e. The van der Waals surface area contributed by atoms with E-state index in [1.807, 2.05) is 22.6 Å². The SMILES string of the molecule is COC(=O)[C@H](Cc1ccc(O)c(I)c1)NC(=O)[C@H](N)NC(=O)OC(C)(C)C. The van der Waals surface area contributed by atoms with Gasteiger partial charge >= 0.3 is 12.1 Å². The average molecular weight is 493 g/mol. The summed E-state index contributed by atoms with van der Waals surface area (Å²) in [5.74, 6) is -1.33. The molecule has 1 rings (SSSR count). The number of alkyl carbamates (subject to hydrolysis) is 1. The summed E-state index contributed by atoms with van der Waals surface area (Å²) in [7, 11) is 1.20. The van der Waals surface area contributed by atoms with Crippen molar-refractivity contribution in [3.63, 3.8) is 0 Å². The summed E-state index contributed by atoms with van der Waals surface area (Å²) in [6, 6.07) is 3.77. The number of esters is 1. The van der Waals surface area contributed by atoms with Crippen LogP contribution in [0.4, 0.5) is 4.79 Å². The zero-order chi connectivity index (χ0) is 20.8. The third-order valence-corrected chi connectivity index (χ3v) is 4.07. The fraction of sp³-hybridized carbons (Fsp3) is 0.471. The highest BCUT2D eigenvalue weighted by atomic mass is 127. The van der Waals surface area contributed by atoms with Crippen molar-refractivity contribution in [3.05, 3.63) is 27.3 Å². The van der Waals surface area contributed by atoms with Gasteiger partial charge in [-0.2, -0.15) is 0 Å². The summed E-state index contributed by atoms with van der Waals surface area (Å²) in [4.78, 5) is 35.9. The van der Waals surface area contributed by atoms with E-state index < -0.39 is 35.8 Å². The lowest BCUT2D eigenvalue weighted by molar-refractivity contribution is -0.145. The molecule has 0 saturated carbocycles. The van der Waals surface area contributed by atoms with Gasteiger partial charge in [0, 0.05) is 6.42 Å². The Morgan fingerprint density at radius 2 is 1.89 bits per heavy atom. The number of benzene rings is 1. The molecule has 0 radical (unpaired) electrons. The third kappa shape index (κ3) is 7.99. The molecule has 10 heteroatoms. The summed E-state index contributed by atoms with van der Waals surface area (Å²) in [6.45, 7) is 5.01. The van der Waals surface area contributed by atoms with Crippen molar-refractivity contribution < 1.29 is 29.0 Å². The molecule has 0 saturated heterocycles. The van der Waals surface area contributed by atoms with Crippen molar-refractivity contribution in [2.75, 3.05) is 7.11 Å². The van der Waals surface area contributed by atoms with Gasteiger partial charge in [-0.25, -0.2) is 9.59 Å². The monoisotopic (exact) mass is 493 g/mol. The lowest BCUT2D eigenvalue weighted by Gasteiger charge is -2.23. The van der Waals surface area contributed by atoms with E-state index >= 15 is 0 Å².